The van der Waals surface area contributed by atoms with Gasteiger partial charge in [0.05, 0.1) is 12.2 Å². The maximum atomic E-state index is 14.4. The zero-order valence-electron chi connectivity index (χ0n) is 19.0. The Morgan fingerprint density at radius 1 is 0.968 bits per heavy atom. The van der Waals surface area contributed by atoms with Crippen LogP contribution in [0.4, 0.5) is 10.1 Å². The maximum Gasteiger partial charge on any atom is 0.303 e. The van der Waals surface area contributed by atoms with E-state index in [1.54, 1.807) is 30.3 Å². The smallest absolute Gasteiger partial charge is 0.303 e. The summed E-state index contributed by atoms with van der Waals surface area (Å²) in [5.74, 6) is -0.203. The van der Waals surface area contributed by atoms with Crippen molar-refractivity contribution in [2.45, 2.75) is 40.3 Å². The van der Waals surface area contributed by atoms with Gasteiger partial charge in [-0.2, -0.15) is 12.7 Å². The van der Waals surface area contributed by atoms with E-state index in [0.717, 1.165) is 8.61 Å². The van der Waals surface area contributed by atoms with Gasteiger partial charge >= 0.3 is 10.2 Å². The summed E-state index contributed by atoms with van der Waals surface area (Å²) in [5, 5.41) is 3.06. The van der Waals surface area contributed by atoms with Crippen molar-refractivity contribution in [3.8, 4) is 0 Å². The standard InChI is InChI=1S/C23H32FN3O3S/c1-16(2)22(17(3)4)25-23(28)19-13-11-18(12-14-19)15-27(31(29,30)26(5)6)21-10-8-7-9-20(21)24/h7-14,16-17,22H,15H2,1-6H3,(H,25,28). The van der Waals surface area contributed by atoms with Gasteiger partial charge in [0.15, 0.2) is 0 Å². The number of nitrogens with zero attached hydrogens (tertiary/aromatic N) is 2. The third-order valence-corrected chi connectivity index (χ3v) is 6.94. The average Bonchev–Trinajstić information content (AvgIpc) is 2.70. The molecular formula is C23H32FN3O3S. The second kappa shape index (κ2) is 10.2. The zero-order chi connectivity index (χ0) is 23.3. The molecule has 0 aliphatic heterocycles. The van der Waals surface area contributed by atoms with Crippen LogP contribution in [-0.4, -0.2) is 38.8 Å². The second-order valence-corrected chi connectivity index (χ2v) is 10.5. The van der Waals surface area contributed by atoms with Crippen LogP contribution in [0.2, 0.25) is 0 Å². The van der Waals surface area contributed by atoms with Gasteiger partial charge in [0.25, 0.3) is 5.91 Å². The van der Waals surface area contributed by atoms with Gasteiger partial charge in [0.1, 0.15) is 5.82 Å². The molecule has 0 aliphatic carbocycles. The van der Waals surface area contributed by atoms with Crippen LogP contribution in [0.1, 0.15) is 43.6 Å². The molecule has 1 N–H and O–H groups in total. The van der Waals surface area contributed by atoms with Crippen molar-refractivity contribution in [1.29, 1.82) is 0 Å². The molecule has 0 spiro atoms. The molecular weight excluding hydrogens is 417 g/mol. The Morgan fingerprint density at radius 2 is 1.52 bits per heavy atom. The Hall–Kier alpha value is -2.45. The highest BCUT2D eigenvalue weighted by Crippen LogP contribution is 2.25. The Labute approximate surface area is 185 Å². The summed E-state index contributed by atoms with van der Waals surface area (Å²) in [6, 6.07) is 12.5. The number of rotatable bonds is 9. The van der Waals surface area contributed by atoms with E-state index in [9.17, 15) is 17.6 Å². The van der Waals surface area contributed by atoms with E-state index in [2.05, 4.69) is 33.0 Å². The van der Waals surface area contributed by atoms with Gasteiger partial charge in [-0.15, -0.1) is 0 Å². The topological polar surface area (TPSA) is 69.7 Å². The lowest BCUT2D eigenvalue weighted by molar-refractivity contribution is 0.0910. The number of halogens is 1. The number of benzene rings is 2. The van der Waals surface area contributed by atoms with Gasteiger partial charge in [0, 0.05) is 25.7 Å². The van der Waals surface area contributed by atoms with Crippen molar-refractivity contribution in [3.63, 3.8) is 0 Å². The van der Waals surface area contributed by atoms with Gasteiger partial charge in [-0.25, -0.2) is 4.39 Å². The fourth-order valence-electron chi connectivity index (χ4n) is 3.41. The summed E-state index contributed by atoms with van der Waals surface area (Å²) in [7, 11) is -1.13. The summed E-state index contributed by atoms with van der Waals surface area (Å²) in [6.07, 6.45) is 0. The van der Waals surface area contributed by atoms with Gasteiger partial charge < -0.3 is 5.32 Å². The Bertz CT molecular complexity index is 981. The Morgan fingerprint density at radius 3 is 2.00 bits per heavy atom. The first-order valence-electron chi connectivity index (χ1n) is 10.3. The Kier molecular flexibility index (Phi) is 8.20. The van der Waals surface area contributed by atoms with Gasteiger partial charge in [0.2, 0.25) is 0 Å². The average molecular weight is 450 g/mol. The predicted octanol–water partition coefficient (Wildman–Crippen LogP) is 4.05. The molecule has 2 rings (SSSR count). The molecule has 170 valence electrons. The maximum absolute atomic E-state index is 14.4. The van der Waals surface area contributed by atoms with Crippen molar-refractivity contribution in [2.24, 2.45) is 11.8 Å². The molecule has 0 saturated heterocycles. The normalized spacial score (nSPS) is 12.1. The minimum atomic E-state index is -3.93. The van der Waals surface area contributed by atoms with Crippen LogP contribution in [0.25, 0.3) is 0 Å². The highest BCUT2D eigenvalue weighted by Gasteiger charge is 2.27. The third kappa shape index (κ3) is 6.04. The summed E-state index contributed by atoms with van der Waals surface area (Å²) in [6.45, 7) is 8.20. The summed E-state index contributed by atoms with van der Waals surface area (Å²) < 4.78 is 42.1. The van der Waals surface area contributed by atoms with Crippen molar-refractivity contribution in [3.05, 3.63) is 65.5 Å². The lowest BCUT2D eigenvalue weighted by atomic mass is 9.93. The molecule has 0 radical (unpaired) electrons. The molecule has 6 nitrogen and oxygen atoms in total. The van der Waals surface area contributed by atoms with Crippen LogP contribution in [0.3, 0.4) is 0 Å². The van der Waals surface area contributed by atoms with E-state index in [4.69, 9.17) is 0 Å². The molecule has 0 saturated carbocycles. The predicted molar refractivity (Wildman–Crippen MR) is 123 cm³/mol. The van der Waals surface area contributed by atoms with Crippen LogP contribution in [0.5, 0.6) is 0 Å². The molecule has 2 aromatic carbocycles. The second-order valence-electron chi connectivity index (χ2n) is 8.43. The fourth-order valence-corrected chi connectivity index (χ4v) is 4.51. The highest BCUT2D eigenvalue weighted by molar-refractivity contribution is 7.90. The van der Waals surface area contributed by atoms with Crippen molar-refractivity contribution < 1.29 is 17.6 Å². The van der Waals surface area contributed by atoms with Gasteiger partial charge in [-0.1, -0.05) is 52.0 Å². The van der Waals surface area contributed by atoms with Crippen molar-refractivity contribution in [2.75, 3.05) is 18.4 Å². The monoisotopic (exact) mass is 449 g/mol. The Balaban J connectivity index is 2.28. The van der Waals surface area contributed by atoms with E-state index in [-0.39, 0.29) is 24.2 Å². The number of hydrogen-bond acceptors (Lipinski definition) is 3. The van der Waals surface area contributed by atoms with E-state index < -0.39 is 16.0 Å². The first kappa shape index (κ1) is 24.8. The summed E-state index contributed by atoms with van der Waals surface area (Å²) in [5.41, 5.74) is 1.09. The largest absolute Gasteiger partial charge is 0.349 e. The molecule has 31 heavy (non-hydrogen) atoms. The van der Waals surface area contributed by atoms with Crippen molar-refractivity contribution >= 4 is 21.8 Å². The van der Waals surface area contributed by atoms with Crippen molar-refractivity contribution in [1.82, 2.24) is 9.62 Å². The van der Waals surface area contributed by atoms with Crippen LogP contribution in [0, 0.1) is 17.7 Å². The molecule has 0 heterocycles. The lowest BCUT2D eigenvalue weighted by Crippen LogP contribution is -2.42. The minimum absolute atomic E-state index is 0.0327. The summed E-state index contributed by atoms with van der Waals surface area (Å²) in [4.78, 5) is 12.6. The number of nitrogens with one attached hydrogen (secondary N) is 1. The minimum Gasteiger partial charge on any atom is -0.349 e. The number of anilines is 1. The molecule has 2 aromatic rings. The molecule has 0 aliphatic rings. The third-order valence-electron chi connectivity index (χ3n) is 5.14. The van der Waals surface area contributed by atoms with Crippen LogP contribution >= 0.6 is 0 Å². The number of amides is 1. The lowest BCUT2D eigenvalue weighted by Gasteiger charge is -2.28. The molecule has 8 heteroatoms. The molecule has 0 atom stereocenters. The first-order chi connectivity index (χ1) is 14.4. The van der Waals surface area contributed by atoms with E-state index in [1.807, 2.05) is 0 Å². The van der Waals surface area contributed by atoms with Crippen LogP contribution in [-0.2, 0) is 16.8 Å². The quantitative estimate of drug-likeness (QED) is 0.628. The van der Waals surface area contributed by atoms with Crippen LogP contribution < -0.4 is 9.62 Å². The molecule has 0 unspecified atom stereocenters. The van der Waals surface area contributed by atoms with Crippen LogP contribution in [0.15, 0.2) is 48.5 Å². The number of carbonyl (C=O) groups excluding carboxylic acids is 1. The van der Waals surface area contributed by atoms with E-state index in [1.165, 1.54) is 32.3 Å². The number of para-hydroxylation sites is 1. The fraction of sp³-hybridized carbons (Fsp3) is 0.435. The van der Waals surface area contributed by atoms with E-state index in [0.29, 0.717) is 23.0 Å². The summed E-state index contributed by atoms with van der Waals surface area (Å²) >= 11 is 0. The van der Waals surface area contributed by atoms with Gasteiger partial charge in [-0.05, 0) is 41.7 Å². The first-order valence-corrected chi connectivity index (χ1v) is 11.7. The highest BCUT2D eigenvalue weighted by atomic mass is 32.2. The SMILES string of the molecule is CC(C)C(NC(=O)c1ccc(CN(c2ccccc2F)S(=O)(=O)N(C)C)cc1)C(C)C. The number of hydrogen-bond donors (Lipinski definition) is 1. The molecule has 0 fully saturated rings. The van der Waals surface area contributed by atoms with E-state index >= 15 is 0 Å². The number of carbonyl (C=O) groups is 1. The molecule has 0 bridgehead atoms. The van der Waals surface area contributed by atoms with Gasteiger partial charge in [-0.3, -0.25) is 9.10 Å². The molecule has 1 amide bonds. The molecule has 0 aromatic heterocycles. The zero-order valence-corrected chi connectivity index (χ0v) is 19.8.